The monoisotopic (exact) mass is 589 g/mol. The molecule has 0 saturated heterocycles. The van der Waals surface area contributed by atoms with Gasteiger partial charge in [0.2, 0.25) is 0 Å². The third kappa shape index (κ3) is 5.79. The summed E-state index contributed by atoms with van der Waals surface area (Å²) in [6, 6.07) is 18.2. The highest BCUT2D eigenvalue weighted by Crippen LogP contribution is 2.32. The molecule has 11 heteroatoms. The number of aliphatic carboxylic acids is 1. The number of amides is 1. The topological polar surface area (TPSA) is 119 Å². The van der Waals surface area contributed by atoms with E-state index in [1.54, 1.807) is 41.8 Å². The van der Waals surface area contributed by atoms with Crippen molar-refractivity contribution < 1.29 is 19.5 Å². The van der Waals surface area contributed by atoms with Crippen molar-refractivity contribution in [2.45, 2.75) is 46.2 Å². The number of carbonyl (C=O) groups excluding carboxylic acids is 2. The van der Waals surface area contributed by atoms with Crippen molar-refractivity contribution in [3.63, 3.8) is 0 Å². The fraction of sp³-hybridized carbons (Fsp3) is 0.233. The SMILES string of the molecule is CCc1cc(C(=O)c2ccccc2Cl)c(-n2c(C)nnc2CNC(=O)c2cc3ccccc3n2CCCC(=O)O)s1. The molecule has 1 amide bonds. The number of rotatable bonds is 11. The molecule has 0 unspecified atom stereocenters. The van der Waals surface area contributed by atoms with Crippen LogP contribution in [-0.2, 0) is 24.3 Å². The Hall–Kier alpha value is -4.28. The molecule has 5 rings (SSSR count). The Kier molecular flexibility index (Phi) is 8.32. The highest BCUT2D eigenvalue weighted by atomic mass is 35.5. The first kappa shape index (κ1) is 28.3. The minimum Gasteiger partial charge on any atom is -0.481 e. The molecule has 2 N–H and O–H groups in total. The number of nitrogens with one attached hydrogen (secondary N) is 1. The lowest BCUT2D eigenvalue weighted by Gasteiger charge is -2.12. The van der Waals surface area contributed by atoms with Gasteiger partial charge in [-0.2, -0.15) is 0 Å². The van der Waals surface area contributed by atoms with Gasteiger partial charge >= 0.3 is 5.97 Å². The first-order valence-corrected chi connectivity index (χ1v) is 14.4. The molecule has 41 heavy (non-hydrogen) atoms. The average molecular weight is 590 g/mol. The van der Waals surface area contributed by atoms with Gasteiger partial charge in [0.1, 0.15) is 16.5 Å². The van der Waals surface area contributed by atoms with Crippen molar-refractivity contribution in [1.82, 2.24) is 24.6 Å². The van der Waals surface area contributed by atoms with Gasteiger partial charge < -0.3 is 15.0 Å². The Balaban J connectivity index is 1.44. The fourth-order valence-electron chi connectivity index (χ4n) is 4.79. The van der Waals surface area contributed by atoms with Crippen LogP contribution in [0.5, 0.6) is 0 Å². The molecule has 5 aromatic rings. The zero-order valence-electron chi connectivity index (χ0n) is 22.6. The molecule has 0 fully saturated rings. The Morgan fingerprint density at radius 3 is 2.54 bits per heavy atom. The van der Waals surface area contributed by atoms with Gasteiger partial charge in [-0.05, 0) is 50.1 Å². The zero-order chi connectivity index (χ0) is 29.1. The second-order valence-electron chi connectivity index (χ2n) is 9.51. The van der Waals surface area contributed by atoms with Crippen LogP contribution < -0.4 is 5.32 Å². The largest absolute Gasteiger partial charge is 0.481 e. The first-order valence-electron chi connectivity index (χ1n) is 13.2. The molecule has 0 radical (unpaired) electrons. The van der Waals surface area contributed by atoms with Gasteiger partial charge in [0.15, 0.2) is 11.6 Å². The van der Waals surface area contributed by atoms with E-state index in [9.17, 15) is 14.4 Å². The van der Waals surface area contributed by atoms with Crippen molar-refractivity contribution in [2.75, 3.05) is 0 Å². The molecule has 0 aliphatic carbocycles. The Morgan fingerprint density at radius 1 is 1.02 bits per heavy atom. The molecule has 0 aliphatic rings. The number of nitrogens with zero attached hydrogens (tertiary/aromatic N) is 4. The van der Waals surface area contributed by atoms with Crippen molar-refractivity contribution >= 4 is 51.5 Å². The second-order valence-corrected chi connectivity index (χ2v) is 11.0. The van der Waals surface area contributed by atoms with E-state index >= 15 is 0 Å². The van der Waals surface area contributed by atoms with E-state index in [1.807, 2.05) is 41.8 Å². The van der Waals surface area contributed by atoms with Crippen molar-refractivity contribution in [3.8, 4) is 5.00 Å². The molecule has 2 aromatic carbocycles. The summed E-state index contributed by atoms with van der Waals surface area (Å²) in [6.45, 7) is 4.28. The Morgan fingerprint density at radius 2 is 1.78 bits per heavy atom. The summed E-state index contributed by atoms with van der Waals surface area (Å²) in [5.41, 5.74) is 2.19. The average Bonchev–Trinajstić information content (AvgIpc) is 3.66. The van der Waals surface area contributed by atoms with Gasteiger partial charge in [0.05, 0.1) is 17.1 Å². The third-order valence-electron chi connectivity index (χ3n) is 6.79. The summed E-state index contributed by atoms with van der Waals surface area (Å²) in [4.78, 5) is 39.1. The van der Waals surface area contributed by atoms with Crippen LogP contribution in [0.25, 0.3) is 15.9 Å². The van der Waals surface area contributed by atoms with Crippen LogP contribution in [0.2, 0.25) is 5.02 Å². The number of halogens is 1. The molecular formula is C30H28ClN5O4S. The minimum absolute atomic E-state index is 0.00571. The van der Waals surface area contributed by atoms with Gasteiger partial charge in [-0.25, -0.2) is 0 Å². The highest BCUT2D eigenvalue weighted by molar-refractivity contribution is 7.15. The maximum Gasteiger partial charge on any atom is 0.303 e. The first-order chi connectivity index (χ1) is 19.8. The number of benzene rings is 2. The quantitative estimate of drug-likeness (QED) is 0.187. The molecule has 0 saturated carbocycles. The molecule has 3 aromatic heterocycles. The summed E-state index contributed by atoms with van der Waals surface area (Å²) >= 11 is 7.83. The number of carbonyl (C=O) groups is 3. The molecule has 0 aliphatic heterocycles. The van der Waals surface area contributed by atoms with Crippen molar-refractivity contribution in [1.29, 1.82) is 0 Å². The predicted octanol–water partition coefficient (Wildman–Crippen LogP) is 5.83. The summed E-state index contributed by atoms with van der Waals surface area (Å²) in [7, 11) is 0. The van der Waals surface area contributed by atoms with Crippen LogP contribution in [0.15, 0.2) is 60.7 Å². The lowest BCUT2D eigenvalue weighted by Crippen LogP contribution is -2.27. The van der Waals surface area contributed by atoms with Gasteiger partial charge in [-0.15, -0.1) is 21.5 Å². The summed E-state index contributed by atoms with van der Waals surface area (Å²) in [5, 5.41) is 22.5. The van der Waals surface area contributed by atoms with Crippen molar-refractivity contribution in [3.05, 3.63) is 99.0 Å². The Labute approximate surface area is 245 Å². The normalized spacial score (nSPS) is 11.2. The molecule has 0 spiro atoms. The Bertz CT molecular complexity index is 1770. The number of hydrogen-bond acceptors (Lipinski definition) is 6. The van der Waals surface area contributed by atoms with Crippen LogP contribution in [0, 0.1) is 6.92 Å². The van der Waals surface area contributed by atoms with Gasteiger partial charge in [-0.1, -0.05) is 48.9 Å². The smallest absolute Gasteiger partial charge is 0.303 e. The van der Waals surface area contributed by atoms with E-state index < -0.39 is 5.97 Å². The van der Waals surface area contributed by atoms with Crippen LogP contribution in [0.1, 0.15) is 62.7 Å². The van der Waals surface area contributed by atoms with E-state index in [2.05, 4.69) is 15.5 Å². The number of carboxylic acids is 1. The van der Waals surface area contributed by atoms with Gasteiger partial charge in [0.25, 0.3) is 5.91 Å². The van der Waals surface area contributed by atoms with Gasteiger partial charge in [0, 0.05) is 34.3 Å². The minimum atomic E-state index is -0.880. The number of thiophene rings is 1. The van der Waals surface area contributed by atoms with Crippen molar-refractivity contribution in [2.24, 2.45) is 0 Å². The predicted molar refractivity (Wildman–Crippen MR) is 158 cm³/mol. The number of fused-ring (bicyclic) bond motifs is 1. The number of hydrogen-bond donors (Lipinski definition) is 2. The maximum absolute atomic E-state index is 13.6. The second kappa shape index (κ2) is 12.1. The third-order valence-corrected chi connectivity index (χ3v) is 8.39. The van der Waals surface area contributed by atoms with E-state index in [1.165, 1.54) is 11.3 Å². The molecule has 0 atom stereocenters. The van der Waals surface area contributed by atoms with Crippen LogP contribution in [0.4, 0.5) is 0 Å². The number of aromatic nitrogens is 4. The van der Waals surface area contributed by atoms with Crippen LogP contribution >= 0.6 is 22.9 Å². The summed E-state index contributed by atoms with van der Waals surface area (Å²) in [5.74, 6) is -0.349. The highest BCUT2D eigenvalue weighted by Gasteiger charge is 2.24. The molecule has 9 nitrogen and oxygen atoms in total. The molecule has 3 heterocycles. The van der Waals surface area contributed by atoms with E-state index in [0.29, 0.717) is 51.5 Å². The molecular weight excluding hydrogens is 562 g/mol. The number of ketones is 1. The number of aryl methyl sites for hydroxylation is 3. The van der Waals surface area contributed by atoms with E-state index in [-0.39, 0.29) is 24.7 Å². The number of carboxylic acid groups (broad SMARTS) is 1. The van der Waals surface area contributed by atoms with E-state index in [0.717, 1.165) is 22.2 Å². The standard InChI is InChI=1S/C30H28ClN5O4S/c1-3-20-16-22(28(39)21-10-5-6-11-23(21)31)30(41-20)36-18(2)33-34-26(36)17-32-29(40)25-15-19-9-4-7-12-24(19)35(25)14-8-13-27(37)38/h4-7,9-12,15-16H,3,8,13-14,17H2,1-2H3,(H,32,40)(H,37,38). The summed E-state index contributed by atoms with van der Waals surface area (Å²) in [6.07, 6.45) is 1.14. The van der Waals surface area contributed by atoms with Gasteiger partial charge in [-0.3, -0.25) is 19.0 Å². The molecule has 0 bridgehead atoms. The summed E-state index contributed by atoms with van der Waals surface area (Å²) < 4.78 is 3.65. The zero-order valence-corrected chi connectivity index (χ0v) is 24.1. The van der Waals surface area contributed by atoms with Crippen LogP contribution in [0.3, 0.4) is 0 Å². The fourth-order valence-corrected chi connectivity index (χ4v) is 6.17. The number of para-hydroxylation sites is 1. The van der Waals surface area contributed by atoms with Crippen LogP contribution in [-0.4, -0.2) is 42.1 Å². The maximum atomic E-state index is 13.6. The molecule has 210 valence electrons. The van der Waals surface area contributed by atoms with E-state index in [4.69, 9.17) is 16.7 Å². The lowest BCUT2D eigenvalue weighted by atomic mass is 10.0. The lowest BCUT2D eigenvalue weighted by molar-refractivity contribution is -0.137.